The van der Waals surface area contributed by atoms with E-state index in [2.05, 4.69) is 28.2 Å². The zero-order chi connectivity index (χ0) is 37.4. The summed E-state index contributed by atoms with van der Waals surface area (Å²) >= 11 is 3.29. The highest BCUT2D eigenvalue weighted by Gasteiger charge is 2.54. The van der Waals surface area contributed by atoms with Gasteiger partial charge >= 0.3 is 11.9 Å². The van der Waals surface area contributed by atoms with Crippen LogP contribution in [0, 0.1) is 17.7 Å². The number of rotatable bonds is 13. The maximum absolute atomic E-state index is 14.7. The Labute approximate surface area is 304 Å². The molecule has 280 valence electrons. The zero-order valence-electron chi connectivity index (χ0n) is 30.4. The molecule has 1 saturated heterocycles. The number of epoxide rings is 1. The zero-order valence-corrected chi connectivity index (χ0v) is 32.0. The normalized spacial score (nSPS) is 31.8. The second-order valence-electron chi connectivity index (χ2n) is 14.1. The first-order valence-electron chi connectivity index (χ1n) is 17.3. The molecule has 12 heteroatoms. The van der Waals surface area contributed by atoms with Gasteiger partial charge in [0.25, 0.3) is 0 Å². The summed E-state index contributed by atoms with van der Waals surface area (Å²) in [5.41, 5.74) is -1.85. The quantitative estimate of drug-likeness (QED) is 0.0884. The number of carbonyl (C=O) groups is 2. The lowest BCUT2D eigenvalue weighted by atomic mass is 9.87. The van der Waals surface area contributed by atoms with Crippen molar-refractivity contribution in [2.75, 3.05) is 7.11 Å². The average Bonchev–Trinajstić information content (AvgIpc) is 3.82. The minimum atomic E-state index is -1.47. The van der Waals surface area contributed by atoms with Crippen LogP contribution in [-0.4, -0.2) is 88.2 Å². The van der Waals surface area contributed by atoms with Crippen molar-refractivity contribution in [2.24, 2.45) is 11.8 Å². The third-order valence-corrected chi connectivity index (χ3v) is 10.2. The van der Waals surface area contributed by atoms with Crippen LogP contribution < -0.4 is 5.32 Å². The van der Waals surface area contributed by atoms with Crippen molar-refractivity contribution in [1.82, 2.24) is 5.32 Å². The molecule has 0 spiro atoms. The molecule has 0 saturated carbocycles. The van der Waals surface area contributed by atoms with E-state index in [-0.39, 0.29) is 55.9 Å². The van der Waals surface area contributed by atoms with Crippen LogP contribution in [0.5, 0.6) is 0 Å². The number of cyclic esters (lactones) is 1. The van der Waals surface area contributed by atoms with E-state index in [4.69, 9.17) is 18.9 Å². The van der Waals surface area contributed by atoms with Crippen LogP contribution in [-0.2, 0) is 35.1 Å². The molecule has 0 radical (unpaired) electrons. The molecule has 2 aliphatic rings. The number of allylic oxidation sites excluding steroid dienone is 2. The Bertz CT molecular complexity index is 1390. The molecule has 1 aromatic rings. The van der Waals surface area contributed by atoms with E-state index in [1.54, 1.807) is 63.5 Å². The number of carbonyl (C=O) groups excluding carboxylic acids is 2. The molecule has 0 bridgehead atoms. The van der Waals surface area contributed by atoms with Crippen molar-refractivity contribution >= 4 is 27.9 Å². The standard InChI is InChI=1S/C38H55BrFNO9/c1-9-30(47-8)24(4)34-35(50-34)36(41-21-26-13-14-27(39)19-29(26)40)38(7,46)17-10-11-22(2)33-23(3)12-15-31(48-25(5)42)37(6,45)18-16-28(43)20-32(44)49-33/h10-15,17,19,23-24,28,30-31,33-36,41,43,45-46H,9,16,18,20-21H2,1-8H3/b15-12+,17-10+,22-11+/t23-,24+,28+,30-,31-,33?,34+,35-,36?,37+,38?/m0/s1. The molecule has 10 nitrogen and oxygen atoms in total. The summed E-state index contributed by atoms with van der Waals surface area (Å²) in [6.07, 6.45) is 5.68. The molecule has 1 aromatic carbocycles. The first-order valence-corrected chi connectivity index (χ1v) is 18.1. The SMILES string of the molecule is CC[C@H](OC)[C@@H](C)[C@H]1O[C@@H]1C(NCc1ccc(Br)cc1F)C(C)(O)/C=C/C=C(\C)C1OC(=O)C[C@H](O)CC[C@@](C)(O)[C@@H](OC(C)=O)/C=C/[C@@H]1C. The minimum Gasteiger partial charge on any atom is -0.457 e. The van der Waals surface area contributed by atoms with Crippen molar-refractivity contribution < 1.29 is 48.2 Å². The number of aliphatic hydroxyl groups excluding tert-OH is 1. The summed E-state index contributed by atoms with van der Waals surface area (Å²) in [5.74, 6) is -1.90. The summed E-state index contributed by atoms with van der Waals surface area (Å²) in [7, 11) is 1.67. The highest BCUT2D eigenvalue weighted by Crippen LogP contribution is 2.39. The number of hydrogen-bond donors (Lipinski definition) is 4. The molecule has 11 atom stereocenters. The van der Waals surface area contributed by atoms with E-state index in [0.717, 1.165) is 6.42 Å². The van der Waals surface area contributed by atoms with E-state index in [1.807, 2.05) is 13.8 Å². The summed E-state index contributed by atoms with van der Waals surface area (Å²) in [5, 5.41) is 36.8. The van der Waals surface area contributed by atoms with Gasteiger partial charge in [0.05, 0.1) is 36.4 Å². The number of esters is 2. The largest absolute Gasteiger partial charge is 0.457 e. The lowest BCUT2D eigenvalue weighted by molar-refractivity contribution is -0.157. The number of nitrogens with one attached hydrogen (secondary N) is 1. The number of hydrogen-bond acceptors (Lipinski definition) is 10. The molecule has 50 heavy (non-hydrogen) atoms. The molecule has 3 unspecified atom stereocenters. The van der Waals surface area contributed by atoms with Gasteiger partial charge in [-0.1, -0.05) is 67.1 Å². The highest BCUT2D eigenvalue weighted by atomic mass is 79.9. The van der Waals surface area contributed by atoms with Crippen LogP contribution >= 0.6 is 15.9 Å². The first-order chi connectivity index (χ1) is 23.4. The van der Waals surface area contributed by atoms with E-state index in [1.165, 1.54) is 19.9 Å². The summed E-state index contributed by atoms with van der Waals surface area (Å²) in [6, 6.07) is 4.21. The Morgan fingerprint density at radius 1 is 1.28 bits per heavy atom. The van der Waals surface area contributed by atoms with Crippen LogP contribution in [0.1, 0.15) is 79.7 Å². The van der Waals surface area contributed by atoms with Gasteiger partial charge in [-0.05, 0) is 63.8 Å². The van der Waals surface area contributed by atoms with Crippen LogP contribution in [0.2, 0.25) is 0 Å². The third kappa shape index (κ3) is 11.8. The van der Waals surface area contributed by atoms with Crippen LogP contribution in [0.25, 0.3) is 0 Å². The van der Waals surface area contributed by atoms with E-state index in [9.17, 15) is 29.3 Å². The molecule has 3 rings (SSSR count). The second-order valence-corrected chi connectivity index (χ2v) is 15.1. The summed E-state index contributed by atoms with van der Waals surface area (Å²) in [6.45, 7) is 12.3. The second kappa shape index (κ2) is 18.3. The molecule has 2 heterocycles. The maximum atomic E-state index is 14.7. The molecular weight excluding hydrogens is 713 g/mol. The lowest BCUT2D eigenvalue weighted by Crippen LogP contribution is -2.52. The molecule has 0 amide bonds. The average molecular weight is 769 g/mol. The molecule has 4 N–H and O–H groups in total. The Morgan fingerprint density at radius 2 is 1.98 bits per heavy atom. The van der Waals surface area contributed by atoms with Crippen LogP contribution in [0.4, 0.5) is 4.39 Å². The minimum absolute atomic E-state index is 0.0260. The number of aliphatic hydroxyl groups is 3. The van der Waals surface area contributed by atoms with Gasteiger partial charge in [-0.25, -0.2) is 4.39 Å². The van der Waals surface area contributed by atoms with Crippen LogP contribution in [0.3, 0.4) is 0 Å². The predicted molar refractivity (Wildman–Crippen MR) is 191 cm³/mol. The van der Waals surface area contributed by atoms with Gasteiger partial charge in [-0.3, -0.25) is 9.59 Å². The highest BCUT2D eigenvalue weighted by molar-refractivity contribution is 9.10. The lowest BCUT2D eigenvalue weighted by Gasteiger charge is -2.32. The molecule has 2 aliphatic heterocycles. The van der Waals surface area contributed by atoms with Gasteiger partial charge in [-0.2, -0.15) is 0 Å². The number of ether oxygens (including phenoxy) is 4. The van der Waals surface area contributed by atoms with Crippen molar-refractivity contribution in [2.45, 2.75) is 135 Å². The van der Waals surface area contributed by atoms with E-state index >= 15 is 0 Å². The molecule has 0 aromatic heterocycles. The summed E-state index contributed by atoms with van der Waals surface area (Å²) < 4.78 is 38.4. The van der Waals surface area contributed by atoms with Gasteiger partial charge in [0.2, 0.25) is 0 Å². The molecular formula is C38H55BrFNO9. The van der Waals surface area contributed by atoms with Gasteiger partial charge < -0.3 is 39.6 Å². The van der Waals surface area contributed by atoms with Gasteiger partial charge in [0.15, 0.2) is 0 Å². The van der Waals surface area contributed by atoms with Crippen molar-refractivity contribution in [3.05, 3.63) is 70.0 Å². The van der Waals surface area contributed by atoms with Gasteiger partial charge in [0.1, 0.15) is 29.7 Å². The predicted octanol–water partition coefficient (Wildman–Crippen LogP) is 5.46. The molecule has 1 fully saturated rings. The van der Waals surface area contributed by atoms with E-state index in [0.29, 0.717) is 15.6 Å². The number of benzene rings is 1. The monoisotopic (exact) mass is 767 g/mol. The first kappa shape index (κ1) is 42.0. The fraction of sp³-hybridized carbons (Fsp3) is 0.632. The smallest absolute Gasteiger partial charge is 0.309 e. The van der Waals surface area contributed by atoms with Crippen molar-refractivity contribution in [3.63, 3.8) is 0 Å². The van der Waals surface area contributed by atoms with Gasteiger partial charge in [0, 0.05) is 42.5 Å². The summed E-state index contributed by atoms with van der Waals surface area (Å²) in [4.78, 5) is 24.7. The van der Waals surface area contributed by atoms with Crippen LogP contribution in [0.15, 0.2) is 58.6 Å². The fourth-order valence-corrected chi connectivity index (χ4v) is 6.89. The number of methoxy groups -OCH3 is 1. The topological polar surface area (TPSA) is 147 Å². The van der Waals surface area contributed by atoms with Crippen molar-refractivity contribution in [1.29, 1.82) is 0 Å². The Morgan fingerprint density at radius 3 is 2.60 bits per heavy atom. The fourth-order valence-electron chi connectivity index (χ4n) is 6.56. The Hall–Kier alpha value is -2.45. The third-order valence-electron chi connectivity index (χ3n) is 9.72. The Kier molecular flexibility index (Phi) is 15.4. The van der Waals surface area contributed by atoms with Gasteiger partial charge in [-0.15, -0.1) is 0 Å². The Balaban J connectivity index is 1.89. The van der Waals surface area contributed by atoms with Crippen molar-refractivity contribution in [3.8, 4) is 0 Å². The molecule has 0 aliphatic carbocycles. The maximum Gasteiger partial charge on any atom is 0.309 e. The van der Waals surface area contributed by atoms with E-state index < -0.39 is 53.4 Å². The number of halogens is 2.